The summed E-state index contributed by atoms with van der Waals surface area (Å²) in [6.07, 6.45) is 5.71. The van der Waals surface area contributed by atoms with E-state index in [9.17, 15) is 4.79 Å². The van der Waals surface area contributed by atoms with Crippen LogP contribution in [0.15, 0.2) is 18.2 Å². The third-order valence-electron chi connectivity index (χ3n) is 3.77. The van der Waals surface area contributed by atoms with E-state index in [1.165, 1.54) is 11.1 Å². The van der Waals surface area contributed by atoms with Gasteiger partial charge in [-0.1, -0.05) is 38.0 Å². The van der Waals surface area contributed by atoms with E-state index in [0.717, 1.165) is 44.3 Å². The van der Waals surface area contributed by atoms with Crippen LogP contribution in [0, 0.1) is 13.8 Å². The molecule has 0 heterocycles. The van der Waals surface area contributed by atoms with E-state index in [2.05, 4.69) is 39.0 Å². The number of anilines is 1. The molecule has 0 aliphatic rings. The van der Waals surface area contributed by atoms with Gasteiger partial charge in [-0.05, 0) is 44.2 Å². The molecule has 0 radical (unpaired) electrons. The van der Waals surface area contributed by atoms with E-state index in [0.29, 0.717) is 12.3 Å². The number of benzene rings is 1. The van der Waals surface area contributed by atoms with Gasteiger partial charge >= 0.3 is 0 Å². The second-order valence-corrected chi connectivity index (χ2v) is 6.02. The second-order valence-electron chi connectivity index (χ2n) is 5.64. The number of para-hydroxylation sites is 1. The standard InChI is InChI=1S/C18H28ClNO/c1-4-5-14-20(17(21)12-7-6-8-13-19)18-15(2)10-9-11-16(18)3/h9-11H,4-8,12-14H2,1-3H3. The number of hydrogen-bond donors (Lipinski definition) is 0. The molecule has 3 heteroatoms. The summed E-state index contributed by atoms with van der Waals surface area (Å²) >= 11 is 5.69. The summed E-state index contributed by atoms with van der Waals surface area (Å²) in [4.78, 5) is 14.6. The number of carbonyl (C=O) groups excluding carboxylic acids is 1. The lowest BCUT2D eigenvalue weighted by molar-refractivity contribution is -0.118. The first-order chi connectivity index (χ1) is 10.1. The lowest BCUT2D eigenvalue weighted by atomic mass is 10.1. The summed E-state index contributed by atoms with van der Waals surface area (Å²) in [7, 11) is 0. The highest BCUT2D eigenvalue weighted by Gasteiger charge is 2.18. The lowest BCUT2D eigenvalue weighted by Crippen LogP contribution is -2.33. The summed E-state index contributed by atoms with van der Waals surface area (Å²) in [6.45, 7) is 7.15. The molecule has 0 saturated carbocycles. The van der Waals surface area contributed by atoms with Crippen LogP contribution in [0.4, 0.5) is 5.69 Å². The first-order valence-electron chi connectivity index (χ1n) is 8.04. The topological polar surface area (TPSA) is 20.3 Å². The highest BCUT2D eigenvalue weighted by atomic mass is 35.5. The molecule has 0 atom stereocenters. The van der Waals surface area contributed by atoms with Crippen LogP contribution in [0.25, 0.3) is 0 Å². The maximum Gasteiger partial charge on any atom is 0.226 e. The number of hydrogen-bond acceptors (Lipinski definition) is 1. The number of alkyl halides is 1. The number of unbranched alkanes of at least 4 members (excludes halogenated alkanes) is 3. The van der Waals surface area contributed by atoms with Gasteiger partial charge in [0.2, 0.25) is 5.91 Å². The van der Waals surface area contributed by atoms with Crippen LogP contribution in [0.2, 0.25) is 0 Å². The predicted molar refractivity (Wildman–Crippen MR) is 92.4 cm³/mol. The fourth-order valence-electron chi connectivity index (χ4n) is 2.59. The van der Waals surface area contributed by atoms with Crippen molar-refractivity contribution in [2.45, 2.75) is 59.3 Å². The Labute approximate surface area is 134 Å². The molecule has 0 unspecified atom stereocenters. The Morgan fingerprint density at radius 1 is 1.10 bits per heavy atom. The first kappa shape index (κ1) is 18.0. The maximum absolute atomic E-state index is 12.6. The van der Waals surface area contributed by atoms with E-state index in [1.807, 2.05) is 4.90 Å². The Hall–Kier alpha value is -1.02. The van der Waals surface area contributed by atoms with E-state index in [4.69, 9.17) is 11.6 Å². The third-order valence-corrected chi connectivity index (χ3v) is 4.04. The monoisotopic (exact) mass is 309 g/mol. The van der Waals surface area contributed by atoms with Gasteiger partial charge < -0.3 is 4.90 Å². The van der Waals surface area contributed by atoms with Crippen molar-refractivity contribution >= 4 is 23.2 Å². The van der Waals surface area contributed by atoms with Crippen molar-refractivity contribution in [1.29, 1.82) is 0 Å². The fraction of sp³-hybridized carbons (Fsp3) is 0.611. The highest BCUT2D eigenvalue weighted by molar-refractivity contribution is 6.17. The van der Waals surface area contributed by atoms with Gasteiger partial charge in [-0.15, -0.1) is 11.6 Å². The zero-order valence-corrected chi connectivity index (χ0v) is 14.4. The zero-order valence-electron chi connectivity index (χ0n) is 13.6. The van der Waals surface area contributed by atoms with Crippen molar-refractivity contribution in [2.75, 3.05) is 17.3 Å². The van der Waals surface area contributed by atoms with Crippen molar-refractivity contribution in [1.82, 2.24) is 0 Å². The van der Waals surface area contributed by atoms with Crippen LogP contribution in [0.1, 0.15) is 56.6 Å². The molecule has 118 valence electrons. The smallest absolute Gasteiger partial charge is 0.226 e. The van der Waals surface area contributed by atoms with Gasteiger partial charge in [-0.25, -0.2) is 0 Å². The van der Waals surface area contributed by atoms with Crippen molar-refractivity contribution in [3.8, 4) is 0 Å². The molecule has 0 aliphatic heterocycles. The first-order valence-corrected chi connectivity index (χ1v) is 8.57. The van der Waals surface area contributed by atoms with Crippen molar-refractivity contribution in [3.63, 3.8) is 0 Å². The molecule has 2 nitrogen and oxygen atoms in total. The molecule has 0 saturated heterocycles. The number of carbonyl (C=O) groups is 1. The van der Waals surface area contributed by atoms with Crippen molar-refractivity contribution in [2.24, 2.45) is 0 Å². The normalized spacial score (nSPS) is 10.7. The third kappa shape index (κ3) is 5.70. The van der Waals surface area contributed by atoms with Gasteiger partial charge in [0.15, 0.2) is 0 Å². The van der Waals surface area contributed by atoms with Crippen LogP contribution in [-0.4, -0.2) is 18.3 Å². The highest BCUT2D eigenvalue weighted by Crippen LogP contribution is 2.26. The molecule has 1 amide bonds. The van der Waals surface area contributed by atoms with Gasteiger partial charge in [0.05, 0.1) is 0 Å². The summed E-state index contributed by atoms with van der Waals surface area (Å²) in [5.74, 6) is 0.931. The average Bonchev–Trinajstić information content (AvgIpc) is 2.46. The SMILES string of the molecule is CCCCN(C(=O)CCCCCCl)c1c(C)cccc1C. The van der Waals surface area contributed by atoms with Crippen LogP contribution >= 0.6 is 11.6 Å². The molecule has 1 rings (SSSR count). The summed E-state index contributed by atoms with van der Waals surface area (Å²) < 4.78 is 0. The van der Waals surface area contributed by atoms with Crippen LogP contribution < -0.4 is 4.90 Å². The molecule has 0 fully saturated rings. The Balaban J connectivity index is 2.82. The lowest BCUT2D eigenvalue weighted by Gasteiger charge is -2.26. The van der Waals surface area contributed by atoms with E-state index >= 15 is 0 Å². The fourth-order valence-corrected chi connectivity index (χ4v) is 2.78. The Kier molecular flexibility index (Phi) is 8.44. The molecule has 21 heavy (non-hydrogen) atoms. The molecular weight excluding hydrogens is 282 g/mol. The molecule has 1 aromatic carbocycles. The Morgan fingerprint density at radius 3 is 2.33 bits per heavy atom. The maximum atomic E-state index is 12.6. The molecule has 0 spiro atoms. The minimum absolute atomic E-state index is 0.246. The van der Waals surface area contributed by atoms with E-state index < -0.39 is 0 Å². The van der Waals surface area contributed by atoms with E-state index in [-0.39, 0.29) is 5.91 Å². The van der Waals surface area contributed by atoms with Crippen LogP contribution in [0.3, 0.4) is 0 Å². The van der Waals surface area contributed by atoms with E-state index in [1.54, 1.807) is 0 Å². The zero-order chi connectivity index (χ0) is 15.7. The van der Waals surface area contributed by atoms with Gasteiger partial charge in [0.25, 0.3) is 0 Å². The van der Waals surface area contributed by atoms with Gasteiger partial charge in [-0.3, -0.25) is 4.79 Å². The van der Waals surface area contributed by atoms with Gasteiger partial charge in [-0.2, -0.15) is 0 Å². The van der Waals surface area contributed by atoms with Crippen LogP contribution in [0.5, 0.6) is 0 Å². The van der Waals surface area contributed by atoms with Crippen LogP contribution in [-0.2, 0) is 4.79 Å². The summed E-state index contributed by atoms with van der Waals surface area (Å²) in [6, 6.07) is 6.22. The van der Waals surface area contributed by atoms with Crippen molar-refractivity contribution < 1.29 is 4.79 Å². The minimum atomic E-state index is 0.246. The summed E-state index contributed by atoms with van der Waals surface area (Å²) in [5, 5.41) is 0. The molecule has 0 aliphatic carbocycles. The average molecular weight is 310 g/mol. The predicted octanol–water partition coefficient (Wildman–Crippen LogP) is 5.24. The number of rotatable bonds is 9. The number of amides is 1. The quantitative estimate of drug-likeness (QED) is 0.451. The number of halogens is 1. The summed E-state index contributed by atoms with van der Waals surface area (Å²) in [5.41, 5.74) is 3.47. The second kappa shape index (κ2) is 9.83. The molecule has 0 bridgehead atoms. The Bertz CT molecular complexity index is 425. The Morgan fingerprint density at radius 2 is 1.76 bits per heavy atom. The van der Waals surface area contributed by atoms with Crippen molar-refractivity contribution in [3.05, 3.63) is 29.3 Å². The van der Waals surface area contributed by atoms with Gasteiger partial charge in [0, 0.05) is 24.5 Å². The minimum Gasteiger partial charge on any atom is -0.312 e. The molecular formula is C18H28ClNO. The molecule has 1 aromatic rings. The number of nitrogens with zero attached hydrogens (tertiary/aromatic N) is 1. The molecule has 0 N–H and O–H groups in total. The number of aryl methyl sites for hydroxylation is 2. The van der Waals surface area contributed by atoms with Gasteiger partial charge in [0.1, 0.15) is 0 Å². The largest absolute Gasteiger partial charge is 0.312 e. The molecule has 0 aromatic heterocycles.